The first-order valence-corrected chi connectivity index (χ1v) is 7.23. The Hall–Kier alpha value is -2.47. The molecule has 3 aromatic rings. The first-order valence-electron chi connectivity index (χ1n) is 6.35. The van der Waals surface area contributed by atoms with E-state index in [1.165, 1.54) is 0 Å². The van der Waals surface area contributed by atoms with Crippen LogP contribution in [0.2, 0.25) is 0 Å². The first kappa shape index (κ1) is 13.5. The summed E-state index contributed by atoms with van der Waals surface area (Å²) in [7, 11) is 1.65. The van der Waals surface area contributed by atoms with Crippen LogP contribution in [0.25, 0.3) is 11.3 Å². The largest absolute Gasteiger partial charge is 0.496 e. The van der Waals surface area contributed by atoms with E-state index in [9.17, 15) is 4.79 Å². The van der Waals surface area contributed by atoms with Crippen LogP contribution in [0.5, 0.6) is 5.75 Å². The minimum Gasteiger partial charge on any atom is -0.496 e. The maximum absolute atomic E-state index is 10.7. The summed E-state index contributed by atoms with van der Waals surface area (Å²) in [6.45, 7) is 0.549. The molecule has 0 atom stereocenters. The van der Waals surface area contributed by atoms with E-state index in [2.05, 4.69) is 10.1 Å². The maximum atomic E-state index is 10.7. The van der Waals surface area contributed by atoms with Gasteiger partial charge in [0.1, 0.15) is 10.8 Å². The van der Waals surface area contributed by atoms with E-state index >= 15 is 0 Å². The van der Waals surface area contributed by atoms with Crippen LogP contribution in [0.3, 0.4) is 0 Å². The number of hydrogen-bond donors (Lipinski definition) is 0. The summed E-state index contributed by atoms with van der Waals surface area (Å²) in [4.78, 5) is 15.3. The molecule has 0 saturated heterocycles. The normalized spacial score (nSPS) is 10.5. The van der Waals surface area contributed by atoms with Gasteiger partial charge in [-0.15, -0.1) is 11.3 Å². The third-order valence-electron chi connectivity index (χ3n) is 3.02. The zero-order chi connectivity index (χ0) is 14.7. The second-order valence-electron chi connectivity index (χ2n) is 4.42. The minimum atomic E-state index is 0.549. The van der Waals surface area contributed by atoms with Crippen LogP contribution in [0.1, 0.15) is 15.4 Å². The van der Waals surface area contributed by atoms with Crippen molar-refractivity contribution < 1.29 is 9.53 Å². The van der Waals surface area contributed by atoms with Crippen molar-refractivity contribution in [2.45, 2.75) is 6.54 Å². The molecule has 0 amide bonds. The highest BCUT2D eigenvalue weighted by Gasteiger charge is 2.10. The summed E-state index contributed by atoms with van der Waals surface area (Å²) >= 11 is 1.56. The summed E-state index contributed by atoms with van der Waals surface area (Å²) in [6.07, 6.45) is 4.03. The van der Waals surface area contributed by atoms with E-state index in [0.717, 1.165) is 28.3 Å². The van der Waals surface area contributed by atoms with Gasteiger partial charge in [-0.25, -0.2) is 4.98 Å². The van der Waals surface area contributed by atoms with E-state index in [1.54, 1.807) is 35.5 Å². The lowest BCUT2D eigenvalue weighted by atomic mass is 10.1. The second kappa shape index (κ2) is 5.88. The number of ether oxygens (including phenoxy) is 1. The molecule has 1 aromatic carbocycles. The Morgan fingerprint density at radius 3 is 3.00 bits per heavy atom. The van der Waals surface area contributed by atoms with Crippen molar-refractivity contribution in [2.75, 3.05) is 7.11 Å². The molecule has 6 heteroatoms. The number of aldehydes is 1. The van der Waals surface area contributed by atoms with Gasteiger partial charge in [0.15, 0.2) is 6.29 Å². The monoisotopic (exact) mass is 299 g/mol. The fourth-order valence-corrected chi connectivity index (χ4v) is 2.81. The first-order chi connectivity index (χ1) is 10.3. The van der Waals surface area contributed by atoms with Crippen molar-refractivity contribution in [3.05, 3.63) is 52.6 Å². The van der Waals surface area contributed by atoms with Crippen LogP contribution in [0.4, 0.5) is 0 Å². The number of aromatic nitrogens is 3. The number of hydrogen-bond acceptors (Lipinski definition) is 5. The zero-order valence-electron chi connectivity index (χ0n) is 11.4. The lowest BCUT2D eigenvalue weighted by molar-refractivity contribution is 0.112. The fourth-order valence-electron chi connectivity index (χ4n) is 2.03. The lowest BCUT2D eigenvalue weighted by Crippen LogP contribution is -1.99. The number of nitrogens with zero attached hydrogens (tertiary/aromatic N) is 3. The number of carbonyl (C=O) groups is 1. The molecule has 21 heavy (non-hydrogen) atoms. The number of rotatable bonds is 5. The highest BCUT2D eigenvalue weighted by Crippen LogP contribution is 2.30. The molecule has 2 heterocycles. The van der Waals surface area contributed by atoms with Crippen molar-refractivity contribution in [3.8, 4) is 17.0 Å². The zero-order valence-corrected chi connectivity index (χ0v) is 12.2. The highest BCUT2D eigenvalue weighted by molar-refractivity contribution is 7.09. The van der Waals surface area contributed by atoms with Crippen molar-refractivity contribution >= 4 is 17.6 Å². The van der Waals surface area contributed by atoms with Gasteiger partial charge in [0.2, 0.25) is 0 Å². The second-order valence-corrected chi connectivity index (χ2v) is 5.36. The van der Waals surface area contributed by atoms with Gasteiger partial charge < -0.3 is 4.74 Å². The summed E-state index contributed by atoms with van der Waals surface area (Å²) in [5.41, 5.74) is 2.42. The molecular weight excluding hydrogens is 286 g/mol. The van der Waals surface area contributed by atoms with Crippen molar-refractivity contribution in [1.82, 2.24) is 14.8 Å². The summed E-state index contributed by atoms with van der Waals surface area (Å²) < 4.78 is 7.06. The average Bonchev–Trinajstić information content (AvgIpc) is 3.17. The van der Waals surface area contributed by atoms with Crippen LogP contribution >= 0.6 is 11.3 Å². The number of benzene rings is 1. The van der Waals surface area contributed by atoms with Crippen LogP contribution in [0, 0.1) is 0 Å². The molecule has 0 bridgehead atoms. The van der Waals surface area contributed by atoms with E-state index in [1.807, 2.05) is 29.6 Å². The van der Waals surface area contributed by atoms with Crippen LogP contribution < -0.4 is 4.74 Å². The van der Waals surface area contributed by atoms with Gasteiger partial charge >= 0.3 is 0 Å². The minimum absolute atomic E-state index is 0.549. The van der Waals surface area contributed by atoms with Gasteiger partial charge in [0.05, 0.1) is 31.1 Å². The topological polar surface area (TPSA) is 57.0 Å². The van der Waals surface area contributed by atoms with E-state index in [4.69, 9.17) is 4.74 Å². The number of para-hydroxylation sites is 1. The van der Waals surface area contributed by atoms with Crippen molar-refractivity contribution in [3.63, 3.8) is 0 Å². The molecule has 2 aromatic heterocycles. The third kappa shape index (κ3) is 2.85. The predicted octanol–water partition coefficient (Wildman–Crippen LogP) is 2.88. The highest BCUT2D eigenvalue weighted by atomic mass is 32.1. The molecule has 5 nitrogen and oxygen atoms in total. The molecule has 0 fully saturated rings. The van der Waals surface area contributed by atoms with Crippen molar-refractivity contribution in [1.29, 1.82) is 0 Å². The SMILES string of the molecule is COc1ccccc1-c1csc(Cn2cc(C=O)cn2)n1. The molecule has 0 radical (unpaired) electrons. The Morgan fingerprint density at radius 2 is 2.24 bits per heavy atom. The Morgan fingerprint density at radius 1 is 1.38 bits per heavy atom. The molecule has 0 aliphatic heterocycles. The predicted molar refractivity (Wildman–Crippen MR) is 80.8 cm³/mol. The van der Waals surface area contributed by atoms with Gasteiger partial charge in [0, 0.05) is 17.1 Å². The third-order valence-corrected chi connectivity index (χ3v) is 3.85. The Labute approximate surface area is 125 Å². The molecule has 0 saturated carbocycles. The standard InChI is InChI=1S/C15H13N3O2S/c1-20-14-5-3-2-4-12(14)13-10-21-15(17-13)8-18-7-11(9-19)6-16-18/h2-7,9-10H,8H2,1H3. The molecule has 0 unspecified atom stereocenters. The van der Waals surface area contributed by atoms with E-state index in [0.29, 0.717) is 12.1 Å². The summed E-state index contributed by atoms with van der Waals surface area (Å²) in [5.74, 6) is 0.802. The van der Waals surface area contributed by atoms with Gasteiger partial charge in [-0.1, -0.05) is 12.1 Å². The Kier molecular flexibility index (Phi) is 3.79. The molecule has 0 aliphatic rings. The summed E-state index contributed by atoms with van der Waals surface area (Å²) in [6, 6.07) is 7.79. The van der Waals surface area contributed by atoms with E-state index < -0.39 is 0 Å². The molecule has 3 rings (SSSR count). The quantitative estimate of drug-likeness (QED) is 0.680. The van der Waals surface area contributed by atoms with Crippen LogP contribution in [0.15, 0.2) is 42.0 Å². The fraction of sp³-hybridized carbons (Fsp3) is 0.133. The number of methoxy groups -OCH3 is 1. The van der Waals surface area contributed by atoms with Gasteiger partial charge in [-0.3, -0.25) is 9.48 Å². The van der Waals surface area contributed by atoms with Gasteiger partial charge in [-0.2, -0.15) is 5.10 Å². The molecule has 0 N–H and O–H groups in total. The number of thiazole rings is 1. The number of carbonyl (C=O) groups excluding carboxylic acids is 1. The maximum Gasteiger partial charge on any atom is 0.153 e. The molecule has 0 aliphatic carbocycles. The smallest absolute Gasteiger partial charge is 0.153 e. The Bertz CT molecular complexity index is 764. The van der Waals surface area contributed by atoms with E-state index in [-0.39, 0.29) is 0 Å². The average molecular weight is 299 g/mol. The van der Waals surface area contributed by atoms with Gasteiger partial charge in [-0.05, 0) is 12.1 Å². The molecular formula is C15H13N3O2S. The van der Waals surface area contributed by atoms with Crippen LogP contribution in [-0.2, 0) is 6.54 Å². The lowest BCUT2D eigenvalue weighted by Gasteiger charge is -2.04. The van der Waals surface area contributed by atoms with Gasteiger partial charge in [0.25, 0.3) is 0 Å². The van der Waals surface area contributed by atoms with Crippen molar-refractivity contribution in [2.24, 2.45) is 0 Å². The molecule has 0 spiro atoms. The van der Waals surface area contributed by atoms with Crippen LogP contribution in [-0.4, -0.2) is 28.2 Å². The molecule has 106 valence electrons. The Balaban J connectivity index is 1.84. The summed E-state index contributed by atoms with van der Waals surface area (Å²) in [5, 5.41) is 7.05.